The molecular weight excluding hydrogens is 160 g/mol. The van der Waals surface area contributed by atoms with Gasteiger partial charge in [0.15, 0.2) is 0 Å². The van der Waals surface area contributed by atoms with Crippen molar-refractivity contribution in [2.24, 2.45) is 0 Å². The first-order chi connectivity index (χ1) is 5.91. The molecule has 0 N–H and O–H groups in total. The maximum atomic E-state index is 5.02. The average molecular weight is 178 g/mol. The van der Waals surface area contributed by atoms with Gasteiger partial charge in [-0.15, -0.1) is 0 Å². The minimum atomic E-state index is 0.472. The maximum absolute atomic E-state index is 5.02. The first-order valence-electron chi connectivity index (χ1n) is 4.31. The Bertz CT molecular complexity index is 67.5. The molecule has 0 rings (SSSR count). The average Bonchev–Trinajstić information content (AvgIpc) is 2.10. The van der Waals surface area contributed by atoms with Gasteiger partial charge < -0.3 is 9.47 Å². The third-order valence-corrected chi connectivity index (χ3v) is 1.11. The molecule has 4 nitrogen and oxygen atoms in total. The van der Waals surface area contributed by atoms with Gasteiger partial charge in [-0.2, -0.15) is 0 Å². The molecule has 0 heterocycles. The molecule has 0 spiro atoms. The van der Waals surface area contributed by atoms with Crippen LogP contribution in [0.2, 0.25) is 0 Å². The van der Waals surface area contributed by atoms with E-state index in [1.165, 1.54) is 0 Å². The molecule has 0 aromatic carbocycles. The van der Waals surface area contributed by atoms with E-state index in [2.05, 4.69) is 0 Å². The zero-order valence-electron chi connectivity index (χ0n) is 7.88. The lowest BCUT2D eigenvalue weighted by Gasteiger charge is -2.03. The molecule has 0 amide bonds. The fourth-order valence-corrected chi connectivity index (χ4v) is 0.592. The summed E-state index contributed by atoms with van der Waals surface area (Å²) in [6.07, 6.45) is 0. The molecule has 0 saturated carbocycles. The Morgan fingerprint density at radius 2 is 1.08 bits per heavy atom. The Hall–Kier alpha value is -0.160. The fraction of sp³-hybridized carbons (Fsp3) is 1.00. The van der Waals surface area contributed by atoms with Crippen molar-refractivity contribution in [2.75, 3.05) is 39.6 Å². The smallest absolute Gasteiger partial charge is 0.106 e. The summed E-state index contributed by atoms with van der Waals surface area (Å²) in [5.74, 6) is 0. The van der Waals surface area contributed by atoms with Crippen LogP contribution < -0.4 is 0 Å². The van der Waals surface area contributed by atoms with E-state index in [0.717, 1.165) is 0 Å². The minimum absolute atomic E-state index is 0.472. The highest BCUT2D eigenvalue weighted by Gasteiger charge is 1.89. The molecule has 0 radical (unpaired) electrons. The van der Waals surface area contributed by atoms with Gasteiger partial charge in [-0.25, -0.2) is 9.78 Å². The lowest BCUT2D eigenvalue weighted by Crippen LogP contribution is -2.08. The van der Waals surface area contributed by atoms with Crippen LogP contribution in [-0.2, 0) is 19.2 Å². The van der Waals surface area contributed by atoms with Crippen LogP contribution in [-0.4, -0.2) is 39.6 Å². The number of hydrogen-bond donors (Lipinski definition) is 0. The SMILES string of the molecule is CCOCCOOCCOCC. The van der Waals surface area contributed by atoms with Crippen molar-refractivity contribution in [3.8, 4) is 0 Å². The Morgan fingerprint density at radius 3 is 1.42 bits per heavy atom. The van der Waals surface area contributed by atoms with Crippen LogP contribution in [0.5, 0.6) is 0 Å². The van der Waals surface area contributed by atoms with Gasteiger partial charge in [0.25, 0.3) is 0 Å². The lowest BCUT2D eigenvalue weighted by molar-refractivity contribution is -0.303. The summed E-state index contributed by atoms with van der Waals surface area (Å²) in [5.41, 5.74) is 0. The molecule has 0 saturated heterocycles. The lowest BCUT2D eigenvalue weighted by atomic mass is 10.7. The van der Waals surface area contributed by atoms with Crippen LogP contribution in [0.1, 0.15) is 13.8 Å². The van der Waals surface area contributed by atoms with Crippen molar-refractivity contribution in [1.82, 2.24) is 0 Å². The van der Waals surface area contributed by atoms with Gasteiger partial charge in [-0.3, -0.25) is 0 Å². The number of hydrogen-bond acceptors (Lipinski definition) is 4. The van der Waals surface area contributed by atoms with Crippen LogP contribution in [0, 0.1) is 0 Å². The summed E-state index contributed by atoms with van der Waals surface area (Å²) in [6, 6.07) is 0. The van der Waals surface area contributed by atoms with Gasteiger partial charge in [-0.1, -0.05) is 0 Å². The highest BCUT2D eigenvalue weighted by atomic mass is 17.2. The Kier molecular flexibility index (Phi) is 10.7. The largest absolute Gasteiger partial charge is 0.379 e. The van der Waals surface area contributed by atoms with Crippen LogP contribution in [0.3, 0.4) is 0 Å². The van der Waals surface area contributed by atoms with E-state index < -0.39 is 0 Å². The molecule has 0 aromatic rings. The molecular formula is C8H18O4. The predicted octanol–water partition coefficient (Wildman–Crippen LogP) is 1.01. The van der Waals surface area contributed by atoms with Gasteiger partial charge >= 0.3 is 0 Å². The van der Waals surface area contributed by atoms with Crippen LogP contribution in [0.4, 0.5) is 0 Å². The second-order valence-electron chi connectivity index (χ2n) is 2.04. The van der Waals surface area contributed by atoms with E-state index in [1.807, 2.05) is 13.8 Å². The van der Waals surface area contributed by atoms with Crippen molar-refractivity contribution in [2.45, 2.75) is 13.8 Å². The van der Waals surface area contributed by atoms with Crippen molar-refractivity contribution in [1.29, 1.82) is 0 Å². The van der Waals surface area contributed by atoms with Gasteiger partial charge in [0.1, 0.15) is 13.2 Å². The number of ether oxygens (including phenoxy) is 2. The summed E-state index contributed by atoms with van der Waals surface area (Å²) in [6.45, 7) is 7.40. The first kappa shape index (κ1) is 11.8. The standard InChI is InChI=1S/C8H18O4/c1-3-9-5-7-11-12-8-6-10-4-2/h3-8H2,1-2H3. The fourth-order valence-electron chi connectivity index (χ4n) is 0.592. The van der Waals surface area contributed by atoms with Crippen LogP contribution >= 0.6 is 0 Å². The van der Waals surface area contributed by atoms with E-state index in [0.29, 0.717) is 39.6 Å². The van der Waals surface area contributed by atoms with Crippen molar-refractivity contribution in [3.63, 3.8) is 0 Å². The van der Waals surface area contributed by atoms with Gasteiger partial charge in [-0.05, 0) is 13.8 Å². The molecule has 0 unspecified atom stereocenters. The number of rotatable bonds is 9. The molecule has 0 bridgehead atoms. The van der Waals surface area contributed by atoms with E-state index in [4.69, 9.17) is 19.2 Å². The normalized spacial score (nSPS) is 10.5. The van der Waals surface area contributed by atoms with Crippen molar-refractivity contribution >= 4 is 0 Å². The Morgan fingerprint density at radius 1 is 0.667 bits per heavy atom. The summed E-state index contributed by atoms with van der Waals surface area (Å²) in [7, 11) is 0. The molecule has 4 heteroatoms. The second kappa shape index (κ2) is 10.8. The first-order valence-corrected chi connectivity index (χ1v) is 4.31. The third kappa shape index (κ3) is 9.84. The zero-order chi connectivity index (χ0) is 9.07. The van der Waals surface area contributed by atoms with E-state index >= 15 is 0 Å². The highest BCUT2D eigenvalue weighted by molar-refractivity contribution is 4.24. The maximum Gasteiger partial charge on any atom is 0.106 e. The topological polar surface area (TPSA) is 36.9 Å². The van der Waals surface area contributed by atoms with Gasteiger partial charge in [0, 0.05) is 13.2 Å². The summed E-state index contributed by atoms with van der Waals surface area (Å²) >= 11 is 0. The zero-order valence-corrected chi connectivity index (χ0v) is 7.88. The van der Waals surface area contributed by atoms with Crippen LogP contribution in [0.25, 0.3) is 0 Å². The molecule has 0 fully saturated rings. The molecule has 0 aromatic heterocycles. The highest BCUT2D eigenvalue weighted by Crippen LogP contribution is 1.81. The summed E-state index contributed by atoms with van der Waals surface area (Å²) in [4.78, 5) is 9.55. The van der Waals surface area contributed by atoms with E-state index in [9.17, 15) is 0 Å². The Labute approximate surface area is 73.7 Å². The molecule has 0 aliphatic carbocycles. The second-order valence-corrected chi connectivity index (χ2v) is 2.04. The summed E-state index contributed by atoms with van der Waals surface area (Å²) in [5, 5.41) is 0. The minimum Gasteiger partial charge on any atom is -0.379 e. The quantitative estimate of drug-likeness (QED) is 0.300. The van der Waals surface area contributed by atoms with Gasteiger partial charge in [0.05, 0.1) is 13.2 Å². The van der Waals surface area contributed by atoms with Crippen LogP contribution in [0.15, 0.2) is 0 Å². The molecule has 0 atom stereocenters. The monoisotopic (exact) mass is 178 g/mol. The predicted molar refractivity (Wildman–Crippen MR) is 44.9 cm³/mol. The van der Waals surface area contributed by atoms with Crippen molar-refractivity contribution < 1.29 is 19.2 Å². The van der Waals surface area contributed by atoms with Crippen molar-refractivity contribution in [3.05, 3.63) is 0 Å². The molecule has 0 aliphatic rings. The molecule has 12 heavy (non-hydrogen) atoms. The molecule has 74 valence electrons. The van der Waals surface area contributed by atoms with E-state index in [1.54, 1.807) is 0 Å². The third-order valence-electron chi connectivity index (χ3n) is 1.11. The Balaban J connectivity index is 2.73. The molecule has 0 aliphatic heterocycles. The summed E-state index contributed by atoms with van der Waals surface area (Å²) < 4.78 is 10.0. The van der Waals surface area contributed by atoms with Gasteiger partial charge in [0.2, 0.25) is 0 Å². The van der Waals surface area contributed by atoms with E-state index in [-0.39, 0.29) is 0 Å².